The van der Waals surface area contributed by atoms with Gasteiger partial charge in [-0.15, -0.1) is 0 Å². The van der Waals surface area contributed by atoms with E-state index < -0.39 is 22.9 Å². The van der Waals surface area contributed by atoms with E-state index in [0.29, 0.717) is 0 Å². The SMILES string of the molecule is C[C@H](Sc1[nH+]c(N)c(C#N)cc1C#N)C(=O)Nc1cccc(C(F)(F)F)c1. The highest BCUT2D eigenvalue weighted by Crippen LogP contribution is 2.31. The Kier molecular flexibility index (Phi) is 5.93. The monoisotopic (exact) mass is 392 g/mol. The van der Waals surface area contributed by atoms with Crippen LogP contribution < -0.4 is 16.0 Å². The number of nitriles is 2. The van der Waals surface area contributed by atoms with E-state index >= 15 is 0 Å². The highest BCUT2D eigenvalue weighted by atomic mass is 32.2. The molecule has 0 aliphatic rings. The zero-order valence-corrected chi connectivity index (χ0v) is 14.7. The van der Waals surface area contributed by atoms with Crippen LogP contribution in [0.3, 0.4) is 0 Å². The van der Waals surface area contributed by atoms with Gasteiger partial charge in [-0.25, -0.2) is 4.98 Å². The molecule has 0 radical (unpaired) electrons. The molecule has 1 heterocycles. The quantitative estimate of drug-likeness (QED) is 0.776. The average Bonchev–Trinajstić information content (AvgIpc) is 2.61. The van der Waals surface area contributed by atoms with Gasteiger partial charge < -0.3 is 5.32 Å². The standard InChI is InChI=1S/C17H12F3N5OS/c1-9(27-16-11(8-22)5-10(7-21)14(23)25-16)15(26)24-13-4-2-3-12(6-13)17(18,19)20/h2-6,9H,1H3,(H2,23,25)(H,24,26)/p+1/t9-/m0/s1. The number of nitrogens with two attached hydrogens (primary N) is 1. The molecular weight excluding hydrogens is 379 g/mol. The van der Waals surface area contributed by atoms with Crippen molar-refractivity contribution in [3.8, 4) is 12.1 Å². The van der Waals surface area contributed by atoms with Gasteiger partial charge in [-0.2, -0.15) is 23.7 Å². The number of amides is 1. The Bertz CT molecular complexity index is 963. The van der Waals surface area contributed by atoms with Crippen molar-refractivity contribution >= 4 is 29.2 Å². The van der Waals surface area contributed by atoms with Crippen molar-refractivity contribution in [3.05, 3.63) is 47.0 Å². The predicted molar refractivity (Wildman–Crippen MR) is 92.2 cm³/mol. The lowest BCUT2D eigenvalue weighted by Crippen LogP contribution is -2.25. The number of hydrogen-bond acceptors (Lipinski definition) is 5. The topological polar surface area (TPSA) is 117 Å². The number of pyridine rings is 1. The summed E-state index contributed by atoms with van der Waals surface area (Å²) in [6.07, 6.45) is -4.52. The molecule has 4 N–H and O–H groups in total. The second kappa shape index (κ2) is 7.98. The van der Waals surface area contributed by atoms with E-state index in [1.807, 2.05) is 12.1 Å². The first-order chi connectivity index (χ1) is 12.7. The summed E-state index contributed by atoms with van der Waals surface area (Å²) in [6.45, 7) is 1.52. The first kappa shape index (κ1) is 20.1. The molecule has 1 atom stereocenters. The number of carbonyl (C=O) groups is 1. The molecule has 2 rings (SSSR count). The molecule has 0 saturated heterocycles. The van der Waals surface area contributed by atoms with Gasteiger partial charge in [-0.3, -0.25) is 10.5 Å². The number of nitrogens with zero attached hydrogens (tertiary/aromatic N) is 2. The maximum absolute atomic E-state index is 12.7. The Hall–Kier alpha value is -3.24. The van der Waals surface area contributed by atoms with E-state index in [0.717, 1.165) is 23.9 Å². The maximum Gasteiger partial charge on any atom is 0.416 e. The predicted octanol–water partition coefficient (Wildman–Crippen LogP) is 2.96. The summed E-state index contributed by atoms with van der Waals surface area (Å²) in [4.78, 5) is 15.0. The van der Waals surface area contributed by atoms with Crippen molar-refractivity contribution in [2.24, 2.45) is 0 Å². The molecule has 1 aromatic heterocycles. The Morgan fingerprint density at radius 3 is 2.52 bits per heavy atom. The lowest BCUT2D eigenvalue weighted by atomic mass is 10.2. The van der Waals surface area contributed by atoms with Crippen LogP contribution in [0.15, 0.2) is 35.4 Å². The zero-order valence-electron chi connectivity index (χ0n) is 13.9. The van der Waals surface area contributed by atoms with Crippen molar-refractivity contribution in [2.45, 2.75) is 23.4 Å². The van der Waals surface area contributed by atoms with Crippen LogP contribution >= 0.6 is 11.8 Å². The minimum atomic E-state index is -4.52. The van der Waals surface area contributed by atoms with Gasteiger partial charge in [0.2, 0.25) is 5.91 Å². The van der Waals surface area contributed by atoms with E-state index in [9.17, 15) is 23.2 Å². The van der Waals surface area contributed by atoms with Crippen LogP contribution in [0.5, 0.6) is 0 Å². The molecule has 0 fully saturated rings. The summed E-state index contributed by atoms with van der Waals surface area (Å²) in [5.74, 6) is -0.510. The van der Waals surface area contributed by atoms with E-state index in [4.69, 9.17) is 11.0 Å². The number of anilines is 2. The van der Waals surface area contributed by atoms with Gasteiger partial charge in [0, 0.05) is 5.69 Å². The molecule has 0 spiro atoms. The van der Waals surface area contributed by atoms with Crippen molar-refractivity contribution < 1.29 is 22.9 Å². The molecule has 27 heavy (non-hydrogen) atoms. The fourth-order valence-electron chi connectivity index (χ4n) is 2.06. The number of benzene rings is 1. The second-order valence-corrected chi connectivity index (χ2v) is 6.74. The molecule has 0 unspecified atom stereocenters. The highest BCUT2D eigenvalue weighted by molar-refractivity contribution is 8.00. The van der Waals surface area contributed by atoms with Crippen molar-refractivity contribution in [3.63, 3.8) is 0 Å². The van der Waals surface area contributed by atoms with Crippen molar-refractivity contribution in [2.75, 3.05) is 11.1 Å². The van der Waals surface area contributed by atoms with Crippen LogP contribution in [0, 0.1) is 22.7 Å². The van der Waals surface area contributed by atoms with Crippen molar-refractivity contribution in [1.82, 2.24) is 0 Å². The normalized spacial score (nSPS) is 11.9. The minimum absolute atomic E-state index is 0.00565. The number of aromatic nitrogens is 1. The van der Waals surface area contributed by atoms with Crippen molar-refractivity contribution in [1.29, 1.82) is 10.5 Å². The van der Waals surface area contributed by atoms with Crippen LogP contribution in [0.2, 0.25) is 0 Å². The molecule has 6 nitrogen and oxygen atoms in total. The van der Waals surface area contributed by atoms with Gasteiger partial charge in [0.05, 0.1) is 10.8 Å². The van der Waals surface area contributed by atoms with Gasteiger partial charge in [-0.1, -0.05) is 17.8 Å². The number of nitrogen functional groups attached to an aromatic ring is 1. The number of alkyl halides is 3. The summed E-state index contributed by atoms with van der Waals surface area (Å²) in [5, 5.41) is 20.0. The molecule has 138 valence electrons. The lowest BCUT2D eigenvalue weighted by Gasteiger charge is -2.13. The fraction of sp³-hybridized carbons (Fsp3) is 0.176. The third-order valence-electron chi connectivity index (χ3n) is 3.43. The van der Waals surface area contributed by atoms with E-state index in [1.165, 1.54) is 25.1 Å². The zero-order chi connectivity index (χ0) is 20.2. The number of H-pyrrole nitrogens is 1. The van der Waals surface area contributed by atoms with Crippen LogP contribution in [0.25, 0.3) is 0 Å². The number of carbonyl (C=O) groups excluding carboxylic acids is 1. The smallest absolute Gasteiger partial charge is 0.325 e. The molecule has 0 bridgehead atoms. The molecule has 0 aliphatic carbocycles. The molecule has 0 saturated carbocycles. The summed E-state index contributed by atoms with van der Waals surface area (Å²) >= 11 is 0.963. The molecule has 2 aromatic rings. The van der Waals surface area contributed by atoms with Gasteiger partial charge in [-0.05, 0) is 31.2 Å². The summed E-state index contributed by atoms with van der Waals surface area (Å²) in [5.41, 5.74) is 5.04. The van der Waals surface area contributed by atoms with Crippen LogP contribution in [-0.2, 0) is 11.0 Å². The molecule has 10 heteroatoms. The molecule has 0 aliphatic heterocycles. The number of aromatic amines is 1. The largest absolute Gasteiger partial charge is 0.416 e. The lowest BCUT2D eigenvalue weighted by molar-refractivity contribution is -0.410. The average molecular weight is 392 g/mol. The summed E-state index contributed by atoms with van der Waals surface area (Å²) in [7, 11) is 0. The number of nitrogens with one attached hydrogen (secondary N) is 2. The third kappa shape index (κ3) is 4.90. The number of thioether (sulfide) groups is 1. The highest BCUT2D eigenvalue weighted by Gasteiger charge is 2.30. The maximum atomic E-state index is 12.7. The second-order valence-electron chi connectivity index (χ2n) is 5.39. The number of halogens is 3. The fourth-order valence-corrected chi connectivity index (χ4v) is 2.98. The first-order valence-corrected chi connectivity index (χ1v) is 8.34. The Morgan fingerprint density at radius 1 is 1.26 bits per heavy atom. The first-order valence-electron chi connectivity index (χ1n) is 7.46. The summed E-state index contributed by atoms with van der Waals surface area (Å²) < 4.78 is 38.2. The third-order valence-corrected chi connectivity index (χ3v) is 4.56. The van der Waals surface area contributed by atoms with Crippen LogP contribution in [0.4, 0.5) is 24.7 Å². The van der Waals surface area contributed by atoms with Crippen LogP contribution in [-0.4, -0.2) is 11.2 Å². The summed E-state index contributed by atoms with van der Waals surface area (Å²) in [6, 6.07) is 9.31. The Morgan fingerprint density at radius 2 is 1.93 bits per heavy atom. The minimum Gasteiger partial charge on any atom is -0.325 e. The number of hydrogen-bond donors (Lipinski definition) is 2. The Balaban J connectivity index is 2.17. The van der Waals surface area contributed by atoms with Crippen LogP contribution in [0.1, 0.15) is 23.6 Å². The molecule has 1 amide bonds. The Labute approximate surface area is 156 Å². The van der Waals surface area contributed by atoms with Gasteiger partial charge >= 0.3 is 6.18 Å². The molecular formula is C17H13F3N5OS+. The van der Waals surface area contributed by atoms with Gasteiger partial charge in [0.15, 0.2) is 5.03 Å². The number of rotatable bonds is 4. The van der Waals surface area contributed by atoms with E-state index in [-0.39, 0.29) is 27.7 Å². The van der Waals surface area contributed by atoms with Gasteiger partial charge in [0.1, 0.15) is 23.3 Å². The van der Waals surface area contributed by atoms with E-state index in [2.05, 4.69) is 10.3 Å². The molecule has 1 aromatic carbocycles. The van der Waals surface area contributed by atoms with Gasteiger partial charge in [0.25, 0.3) is 5.82 Å². The van der Waals surface area contributed by atoms with E-state index in [1.54, 1.807) is 0 Å².